The van der Waals surface area contributed by atoms with E-state index in [0.717, 1.165) is 35.1 Å². The molecular formula is C15H14BrClN2. The maximum absolute atomic E-state index is 6.19. The largest absolute Gasteiger partial charge is 0.397 e. The lowest BCUT2D eigenvalue weighted by Crippen LogP contribution is -2.03. The van der Waals surface area contributed by atoms with Crippen LogP contribution in [-0.2, 0) is 19.3 Å². The lowest BCUT2D eigenvalue weighted by molar-refractivity contribution is 0.951. The van der Waals surface area contributed by atoms with Gasteiger partial charge in [0.25, 0.3) is 0 Å². The molecule has 0 unspecified atom stereocenters. The molecule has 1 heterocycles. The predicted molar refractivity (Wildman–Crippen MR) is 82.8 cm³/mol. The summed E-state index contributed by atoms with van der Waals surface area (Å²) in [6, 6.07) is 4.11. The summed E-state index contributed by atoms with van der Waals surface area (Å²) >= 11 is 9.68. The highest BCUT2D eigenvalue weighted by molar-refractivity contribution is 9.10. The van der Waals surface area contributed by atoms with Crippen molar-refractivity contribution in [1.82, 2.24) is 4.98 Å². The number of hydrogen-bond donors (Lipinski definition) is 1. The van der Waals surface area contributed by atoms with E-state index < -0.39 is 0 Å². The minimum atomic E-state index is 0.663. The lowest BCUT2D eigenvalue weighted by atomic mass is 9.96. The monoisotopic (exact) mass is 336 g/mol. The van der Waals surface area contributed by atoms with Gasteiger partial charge < -0.3 is 5.73 Å². The van der Waals surface area contributed by atoms with Gasteiger partial charge in [-0.15, -0.1) is 0 Å². The number of aryl methyl sites for hydroxylation is 2. The van der Waals surface area contributed by atoms with E-state index in [9.17, 15) is 0 Å². The summed E-state index contributed by atoms with van der Waals surface area (Å²) in [6.45, 7) is 2.09. The lowest BCUT2D eigenvalue weighted by Gasteiger charge is -2.14. The number of anilines is 1. The van der Waals surface area contributed by atoms with Crippen LogP contribution in [0.1, 0.15) is 27.9 Å². The number of nitrogen functional groups attached to an aromatic ring is 1. The van der Waals surface area contributed by atoms with Crippen LogP contribution in [0.4, 0.5) is 5.69 Å². The molecule has 1 aromatic carbocycles. The summed E-state index contributed by atoms with van der Waals surface area (Å²) in [5.41, 5.74) is 13.0. The third kappa shape index (κ3) is 2.26. The van der Waals surface area contributed by atoms with Crippen molar-refractivity contribution in [3.8, 4) is 0 Å². The summed E-state index contributed by atoms with van der Waals surface area (Å²) in [5, 5.41) is 0.663. The molecule has 0 saturated heterocycles. The summed E-state index contributed by atoms with van der Waals surface area (Å²) in [6.07, 6.45) is 4.58. The van der Waals surface area contributed by atoms with Gasteiger partial charge >= 0.3 is 0 Å². The van der Waals surface area contributed by atoms with Crippen LogP contribution in [0.2, 0.25) is 5.02 Å². The molecule has 3 rings (SSSR count). The summed E-state index contributed by atoms with van der Waals surface area (Å²) < 4.78 is 1.03. The number of halogens is 2. The van der Waals surface area contributed by atoms with Gasteiger partial charge in [0.2, 0.25) is 0 Å². The van der Waals surface area contributed by atoms with Crippen LogP contribution in [-0.4, -0.2) is 4.98 Å². The average Bonchev–Trinajstić information content (AvgIpc) is 2.56. The molecule has 0 saturated carbocycles. The molecule has 2 aromatic rings. The summed E-state index contributed by atoms with van der Waals surface area (Å²) in [7, 11) is 0. The first-order chi connectivity index (χ1) is 9.06. The first-order valence-corrected chi connectivity index (χ1v) is 7.43. The van der Waals surface area contributed by atoms with Gasteiger partial charge in [0, 0.05) is 22.8 Å². The van der Waals surface area contributed by atoms with E-state index in [-0.39, 0.29) is 0 Å². The first-order valence-electron chi connectivity index (χ1n) is 6.26. The van der Waals surface area contributed by atoms with Crippen molar-refractivity contribution in [2.75, 3.05) is 5.73 Å². The Labute approximate surface area is 126 Å². The summed E-state index contributed by atoms with van der Waals surface area (Å²) in [5.74, 6) is 0. The Morgan fingerprint density at radius 3 is 2.84 bits per heavy atom. The van der Waals surface area contributed by atoms with Gasteiger partial charge in [0.15, 0.2) is 0 Å². The van der Waals surface area contributed by atoms with E-state index >= 15 is 0 Å². The second-order valence-electron chi connectivity index (χ2n) is 4.98. The minimum absolute atomic E-state index is 0.663. The Kier molecular flexibility index (Phi) is 3.27. The molecule has 0 spiro atoms. The SMILES string of the molecule is Cc1cc(Cl)c(N)c2c1Cc1ncc(Br)cc1CC2. The van der Waals surface area contributed by atoms with Gasteiger partial charge in [-0.3, -0.25) is 4.98 Å². The van der Waals surface area contributed by atoms with Crippen molar-refractivity contribution in [2.45, 2.75) is 26.2 Å². The number of nitrogens with zero attached hydrogens (tertiary/aromatic N) is 1. The Balaban J connectivity index is 2.16. The highest BCUT2D eigenvalue weighted by Crippen LogP contribution is 2.34. The molecule has 2 nitrogen and oxygen atoms in total. The second kappa shape index (κ2) is 4.80. The Morgan fingerprint density at radius 1 is 1.26 bits per heavy atom. The number of fused-ring (bicyclic) bond motifs is 2. The maximum Gasteiger partial charge on any atom is 0.0641 e. The van der Waals surface area contributed by atoms with E-state index in [1.54, 1.807) is 0 Å². The molecule has 1 aliphatic carbocycles. The van der Waals surface area contributed by atoms with Crippen molar-refractivity contribution in [3.05, 3.63) is 55.8 Å². The standard InChI is InChI=1S/C15H14BrClN2/c1-8-4-13(17)15(18)11-3-2-9-5-10(16)7-19-14(9)6-12(8)11/h4-5,7H,2-3,6,18H2,1H3. The Morgan fingerprint density at radius 2 is 2.05 bits per heavy atom. The number of aromatic nitrogens is 1. The van der Waals surface area contributed by atoms with Crippen LogP contribution >= 0.6 is 27.5 Å². The van der Waals surface area contributed by atoms with Crippen LogP contribution in [0.5, 0.6) is 0 Å². The maximum atomic E-state index is 6.19. The second-order valence-corrected chi connectivity index (χ2v) is 6.31. The van der Waals surface area contributed by atoms with Gasteiger partial charge in [-0.1, -0.05) is 11.6 Å². The van der Waals surface area contributed by atoms with Gasteiger partial charge in [0.1, 0.15) is 0 Å². The Bertz CT molecular complexity index is 668. The molecular weight excluding hydrogens is 324 g/mol. The van der Waals surface area contributed by atoms with Crippen molar-refractivity contribution in [1.29, 1.82) is 0 Å². The fourth-order valence-corrected chi connectivity index (χ4v) is 3.40. The molecule has 98 valence electrons. The average molecular weight is 338 g/mol. The zero-order valence-corrected chi connectivity index (χ0v) is 13.0. The Hall–Kier alpha value is -1.06. The fraction of sp³-hybridized carbons (Fsp3) is 0.267. The van der Waals surface area contributed by atoms with Crippen LogP contribution in [0.15, 0.2) is 22.8 Å². The van der Waals surface area contributed by atoms with Crippen molar-refractivity contribution < 1.29 is 0 Å². The van der Waals surface area contributed by atoms with Crippen LogP contribution < -0.4 is 5.73 Å². The third-order valence-electron chi connectivity index (χ3n) is 3.78. The smallest absolute Gasteiger partial charge is 0.0641 e. The zero-order chi connectivity index (χ0) is 13.6. The normalized spacial score (nSPS) is 13.6. The molecule has 0 fully saturated rings. The van der Waals surface area contributed by atoms with Crippen LogP contribution in [0.3, 0.4) is 0 Å². The van der Waals surface area contributed by atoms with Gasteiger partial charge in [-0.2, -0.15) is 0 Å². The quantitative estimate of drug-likeness (QED) is 0.736. The van der Waals surface area contributed by atoms with E-state index in [1.807, 2.05) is 12.3 Å². The summed E-state index contributed by atoms with van der Waals surface area (Å²) in [4.78, 5) is 4.55. The minimum Gasteiger partial charge on any atom is -0.397 e. The fourth-order valence-electron chi connectivity index (χ4n) is 2.74. The molecule has 1 aromatic heterocycles. The van der Waals surface area contributed by atoms with Crippen LogP contribution in [0, 0.1) is 6.92 Å². The van der Waals surface area contributed by atoms with Gasteiger partial charge in [-0.05, 0) is 70.1 Å². The molecule has 0 aliphatic heterocycles. The van der Waals surface area contributed by atoms with E-state index in [2.05, 4.69) is 33.9 Å². The number of hydrogen-bond acceptors (Lipinski definition) is 2. The highest BCUT2D eigenvalue weighted by Gasteiger charge is 2.19. The number of rotatable bonds is 0. The number of nitrogens with two attached hydrogens (primary N) is 1. The molecule has 0 radical (unpaired) electrons. The van der Waals surface area contributed by atoms with E-state index in [1.165, 1.54) is 22.3 Å². The van der Waals surface area contributed by atoms with E-state index in [4.69, 9.17) is 17.3 Å². The molecule has 0 amide bonds. The number of benzene rings is 1. The van der Waals surface area contributed by atoms with Crippen molar-refractivity contribution in [3.63, 3.8) is 0 Å². The molecule has 0 bridgehead atoms. The molecule has 2 N–H and O–H groups in total. The first kappa shape index (κ1) is 12.9. The van der Waals surface area contributed by atoms with Crippen molar-refractivity contribution >= 4 is 33.2 Å². The predicted octanol–water partition coefficient (Wildman–Crippen LogP) is 4.08. The topological polar surface area (TPSA) is 38.9 Å². The molecule has 19 heavy (non-hydrogen) atoms. The highest BCUT2D eigenvalue weighted by atomic mass is 79.9. The zero-order valence-electron chi connectivity index (χ0n) is 10.6. The molecule has 1 aliphatic rings. The van der Waals surface area contributed by atoms with E-state index in [0.29, 0.717) is 5.02 Å². The molecule has 0 atom stereocenters. The van der Waals surface area contributed by atoms with Gasteiger partial charge in [-0.25, -0.2) is 0 Å². The molecule has 4 heteroatoms. The van der Waals surface area contributed by atoms with Gasteiger partial charge in [0.05, 0.1) is 10.7 Å². The van der Waals surface area contributed by atoms with Crippen molar-refractivity contribution in [2.24, 2.45) is 0 Å². The third-order valence-corrected chi connectivity index (χ3v) is 4.53. The van der Waals surface area contributed by atoms with Crippen LogP contribution in [0.25, 0.3) is 0 Å². The number of pyridine rings is 1.